The Morgan fingerprint density at radius 2 is 2.16 bits per heavy atom. The number of nitrogens with zero attached hydrogens (tertiary/aromatic N) is 3. The summed E-state index contributed by atoms with van der Waals surface area (Å²) >= 11 is 0. The molecule has 0 bridgehead atoms. The van der Waals surface area contributed by atoms with Crippen molar-refractivity contribution in [2.45, 2.75) is 39.3 Å². The summed E-state index contributed by atoms with van der Waals surface area (Å²) in [5, 5.41) is 4.42. The number of hydrogen-bond donors (Lipinski definition) is 0. The highest BCUT2D eigenvalue weighted by Crippen LogP contribution is 2.22. The number of piperidine rings is 1. The molecule has 0 N–H and O–H groups in total. The van der Waals surface area contributed by atoms with Crippen LogP contribution in [-0.4, -0.2) is 40.3 Å². The van der Waals surface area contributed by atoms with Gasteiger partial charge in [0, 0.05) is 19.3 Å². The van der Waals surface area contributed by atoms with E-state index in [0.717, 1.165) is 37.1 Å². The van der Waals surface area contributed by atoms with E-state index >= 15 is 0 Å². The maximum absolute atomic E-state index is 12.7. The van der Waals surface area contributed by atoms with Gasteiger partial charge >= 0.3 is 0 Å². The van der Waals surface area contributed by atoms with Gasteiger partial charge in [-0.2, -0.15) is 5.10 Å². The average molecular weight is 341 g/mol. The van der Waals surface area contributed by atoms with Crippen LogP contribution in [0, 0.1) is 12.8 Å². The zero-order chi connectivity index (χ0) is 17.6. The number of hydrogen-bond acceptors (Lipinski definition) is 3. The molecule has 1 aromatic carbocycles. The predicted molar refractivity (Wildman–Crippen MR) is 97.1 cm³/mol. The molecule has 0 aliphatic carbocycles. The second-order valence-corrected chi connectivity index (χ2v) is 6.98. The molecule has 25 heavy (non-hydrogen) atoms. The third-order valence-electron chi connectivity index (χ3n) is 4.71. The number of aromatic nitrogens is 2. The van der Waals surface area contributed by atoms with Gasteiger partial charge < -0.3 is 9.64 Å². The van der Waals surface area contributed by atoms with Crippen molar-refractivity contribution in [3.63, 3.8) is 0 Å². The van der Waals surface area contributed by atoms with Crippen LogP contribution in [0.5, 0.6) is 0 Å². The van der Waals surface area contributed by atoms with Crippen molar-refractivity contribution in [1.29, 1.82) is 0 Å². The molecule has 1 fully saturated rings. The second kappa shape index (κ2) is 8.30. The van der Waals surface area contributed by atoms with Crippen molar-refractivity contribution in [3.8, 4) is 0 Å². The molecule has 0 saturated carbocycles. The van der Waals surface area contributed by atoms with Crippen LogP contribution >= 0.6 is 0 Å². The maximum Gasteiger partial charge on any atom is 0.227 e. The summed E-state index contributed by atoms with van der Waals surface area (Å²) in [5.41, 5.74) is 2.29. The third kappa shape index (κ3) is 4.69. The van der Waals surface area contributed by atoms with E-state index in [2.05, 4.69) is 11.3 Å². The summed E-state index contributed by atoms with van der Waals surface area (Å²) in [5.74, 6) is 0.0588. The number of aryl methyl sites for hydroxylation is 1. The molecule has 2 atom stereocenters. The van der Waals surface area contributed by atoms with Gasteiger partial charge in [0.25, 0.3) is 0 Å². The molecule has 5 heteroatoms. The van der Waals surface area contributed by atoms with Crippen molar-refractivity contribution < 1.29 is 9.53 Å². The van der Waals surface area contributed by atoms with E-state index in [4.69, 9.17) is 4.74 Å². The fourth-order valence-electron chi connectivity index (χ4n) is 3.31. The Morgan fingerprint density at radius 1 is 1.36 bits per heavy atom. The lowest BCUT2D eigenvalue weighted by molar-refractivity contribution is -0.138. The Labute approximate surface area is 149 Å². The summed E-state index contributed by atoms with van der Waals surface area (Å²) in [6.07, 6.45) is 6.03. The van der Waals surface area contributed by atoms with Gasteiger partial charge in [-0.3, -0.25) is 9.48 Å². The minimum Gasteiger partial charge on any atom is -0.376 e. The lowest BCUT2D eigenvalue weighted by Crippen LogP contribution is -2.44. The largest absolute Gasteiger partial charge is 0.376 e. The Kier molecular flexibility index (Phi) is 5.87. The van der Waals surface area contributed by atoms with Gasteiger partial charge in [-0.1, -0.05) is 37.3 Å². The van der Waals surface area contributed by atoms with Crippen molar-refractivity contribution >= 4 is 5.91 Å². The lowest BCUT2D eigenvalue weighted by atomic mass is 10.0. The molecule has 5 nitrogen and oxygen atoms in total. The highest BCUT2D eigenvalue weighted by molar-refractivity contribution is 5.78. The minimum absolute atomic E-state index is 0.123. The average Bonchev–Trinajstić information content (AvgIpc) is 3.08. The molecule has 2 aromatic rings. The van der Waals surface area contributed by atoms with Crippen LogP contribution in [-0.2, 0) is 16.1 Å². The molecular weight excluding hydrogens is 314 g/mol. The van der Waals surface area contributed by atoms with Gasteiger partial charge in [-0.05, 0) is 30.9 Å². The number of carbonyl (C=O) groups excluding carboxylic acids is 1. The monoisotopic (exact) mass is 341 g/mol. The zero-order valence-electron chi connectivity index (χ0n) is 15.1. The summed E-state index contributed by atoms with van der Waals surface area (Å²) in [7, 11) is 0. The molecule has 3 rings (SSSR count). The lowest BCUT2D eigenvalue weighted by Gasteiger charge is -2.34. The molecular formula is C20H27N3O2. The van der Waals surface area contributed by atoms with Crippen LogP contribution in [0.1, 0.15) is 36.9 Å². The van der Waals surface area contributed by atoms with E-state index in [1.54, 1.807) is 0 Å². The van der Waals surface area contributed by atoms with Gasteiger partial charge in [-0.25, -0.2) is 0 Å². The van der Waals surface area contributed by atoms with Gasteiger partial charge in [0.1, 0.15) is 0 Å². The molecule has 1 aromatic heterocycles. The smallest absolute Gasteiger partial charge is 0.227 e. The summed E-state index contributed by atoms with van der Waals surface area (Å²) in [6.45, 7) is 6.57. The molecule has 1 aliphatic heterocycles. The number of ether oxygens (including phenoxy) is 1. The van der Waals surface area contributed by atoms with Crippen LogP contribution in [0.15, 0.2) is 42.7 Å². The fourth-order valence-corrected chi connectivity index (χ4v) is 3.31. The fraction of sp³-hybridized carbons (Fsp3) is 0.500. The van der Waals surface area contributed by atoms with E-state index in [-0.39, 0.29) is 17.9 Å². The highest BCUT2D eigenvalue weighted by Gasteiger charge is 2.28. The number of likely N-dealkylation sites (tertiary alicyclic amines) is 1. The first-order valence-electron chi connectivity index (χ1n) is 9.04. The summed E-state index contributed by atoms with van der Waals surface area (Å²) < 4.78 is 7.75. The van der Waals surface area contributed by atoms with Gasteiger partial charge in [0.05, 0.1) is 31.4 Å². The molecule has 1 amide bonds. The van der Waals surface area contributed by atoms with E-state index < -0.39 is 0 Å². The molecule has 0 radical (unpaired) electrons. The Bertz CT molecular complexity index is 683. The normalized spacial score (nSPS) is 19.0. The Morgan fingerprint density at radius 3 is 2.88 bits per heavy atom. The van der Waals surface area contributed by atoms with E-state index in [9.17, 15) is 4.79 Å². The van der Waals surface area contributed by atoms with E-state index in [0.29, 0.717) is 13.2 Å². The maximum atomic E-state index is 12.7. The predicted octanol–water partition coefficient (Wildman–Crippen LogP) is 3.21. The van der Waals surface area contributed by atoms with Crippen molar-refractivity contribution in [2.24, 2.45) is 5.92 Å². The number of carbonyl (C=O) groups is 1. The topological polar surface area (TPSA) is 47.4 Å². The first-order valence-corrected chi connectivity index (χ1v) is 9.04. The highest BCUT2D eigenvalue weighted by atomic mass is 16.5. The first kappa shape index (κ1) is 17.7. The Balaban J connectivity index is 1.49. The second-order valence-electron chi connectivity index (χ2n) is 6.98. The number of amides is 1. The van der Waals surface area contributed by atoms with E-state index in [1.807, 2.05) is 60.0 Å². The van der Waals surface area contributed by atoms with Crippen molar-refractivity contribution in [1.82, 2.24) is 14.7 Å². The third-order valence-corrected chi connectivity index (χ3v) is 4.71. The van der Waals surface area contributed by atoms with Gasteiger partial charge in [-0.15, -0.1) is 0 Å². The first-order chi connectivity index (χ1) is 12.1. The van der Waals surface area contributed by atoms with Crippen molar-refractivity contribution in [3.05, 3.63) is 53.9 Å². The minimum atomic E-state index is -0.123. The molecule has 1 saturated heterocycles. The molecule has 2 heterocycles. The number of benzene rings is 1. The standard InChI is InChI=1S/C20H27N3O2/c1-16-11-21-23(12-16)19-9-6-10-22(13-19)20(24)17(2)14-25-15-18-7-4-3-5-8-18/h3-5,7-8,11-12,17,19H,6,9-10,13-15H2,1-2H3/t17-,19+/m1/s1. The number of rotatable bonds is 6. The molecule has 0 spiro atoms. The van der Waals surface area contributed by atoms with Gasteiger partial charge in [0.2, 0.25) is 5.91 Å². The van der Waals surface area contributed by atoms with Crippen LogP contribution in [0.4, 0.5) is 0 Å². The summed E-state index contributed by atoms with van der Waals surface area (Å²) in [4.78, 5) is 14.7. The van der Waals surface area contributed by atoms with Crippen LogP contribution in [0.2, 0.25) is 0 Å². The molecule has 0 unspecified atom stereocenters. The van der Waals surface area contributed by atoms with Crippen LogP contribution in [0.25, 0.3) is 0 Å². The zero-order valence-corrected chi connectivity index (χ0v) is 15.1. The van der Waals surface area contributed by atoms with Crippen molar-refractivity contribution in [2.75, 3.05) is 19.7 Å². The van der Waals surface area contributed by atoms with Gasteiger partial charge in [0.15, 0.2) is 0 Å². The van der Waals surface area contributed by atoms with Crippen LogP contribution in [0.3, 0.4) is 0 Å². The van der Waals surface area contributed by atoms with Crippen LogP contribution < -0.4 is 0 Å². The Hall–Kier alpha value is -2.14. The molecule has 1 aliphatic rings. The summed E-state index contributed by atoms with van der Waals surface area (Å²) in [6, 6.07) is 10.3. The quantitative estimate of drug-likeness (QED) is 0.810. The molecule has 134 valence electrons. The SMILES string of the molecule is Cc1cnn([C@H]2CCCN(C(=O)[C@H](C)COCc3ccccc3)C2)c1. The van der Waals surface area contributed by atoms with E-state index in [1.165, 1.54) is 0 Å².